The van der Waals surface area contributed by atoms with E-state index in [1.54, 1.807) is 0 Å². The molecule has 158 valence electrons. The van der Waals surface area contributed by atoms with E-state index in [9.17, 15) is 35.4 Å². The zero-order valence-corrected chi connectivity index (χ0v) is 14.9. The Morgan fingerprint density at radius 1 is 0.926 bits per heavy atom. The molecule has 2 aliphatic rings. The lowest BCUT2D eigenvalue weighted by atomic mass is 9.96. The monoisotopic (exact) mass is 397 g/mol. The molecule has 0 unspecified atom stereocenters. The summed E-state index contributed by atoms with van der Waals surface area (Å²) in [5.41, 5.74) is 0. The standard InChI is InChI=1S/C15H27NO11/c1-5(18)16-8-11(21)9(19)6(3-17)26-14(8)25-4-7-10(20)12(22)13(23)15(24-2)27-7/h6-15,17,19-23H,3-4H2,1-2H3,(H,16,18)/t6-,7+,8+,9+,10+,11-,12-,13+,14-,15+/m1/s1. The van der Waals surface area contributed by atoms with Crippen molar-refractivity contribution in [3.05, 3.63) is 0 Å². The third-order valence-corrected chi connectivity index (χ3v) is 4.58. The van der Waals surface area contributed by atoms with Gasteiger partial charge in [0.25, 0.3) is 0 Å². The summed E-state index contributed by atoms with van der Waals surface area (Å²) in [5.74, 6) is -0.516. The van der Waals surface area contributed by atoms with Gasteiger partial charge in [-0.15, -0.1) is 0 Å². The lowest BCUT2D eigenvalue weighted by Gasteiger charge is -2.44. The predicted octanol–water partition coefficient (Wildman–Crippen LogP) is -4.60. The molecule has 2 saturated heterocycles. The number of amides is 1. The van der Waals surface area contributed by atoms with Crippen LogP contribution in [0.5, 0.6) is 0 Å². The van der Waals surface area contributed by atoms with Gasteiger partial charge in [0.2, 0.25) is 5.91 Å². The molecule has 1 amide bonds. The van der Waals surface area contributed by atoms with Crippen LogP contribution in [-0.2, 0) is 23.7 Å². The first-order valence-corrected chi connectivity index (χ1v) is 8.44. The fourth-order valence-corrected chi connectivity index (χ4v) is 3.05. The Morgan fingerprint density at radius 2 is 1.52 bits per heavy atom. The minimum absolute atomic E-state index is 0.369. The SMILES string of the molecule is CO[C@H]1O[C@@H](CO[C@@H]2O[C@H](CO)[C@H](O)[C@H](O)[C@@H]2NC(C)=O)[C@H](O)[C@@H](O)[C@@H]1O. The van der Waals surface area contributed by atoms with Crippen molar-refractivity contribution < 1.29 is 54.4 Å². The first kappa shape index (κ1) is 22.4. The van der Waals surface area contributed by atoms with Crippen LogP contribution in [0.4, 0.5) is 0 Å². The van der Waals surface area contributed by atoms with E-state index in [0.717, 1.165) is 0 Å². The maximum absolute atomic E-state index is 11.4. The molecule has 0 radical (unpaired) electrons. The molecule has 0 aromatic rings. The van der Waals surface area contributed by atoms with Gasteiger partial charge in [0, 0.05) is 14.0 Å². The summed E-state index contributed by atoms with van der Waals surface area (Å²) < 4.78 is 21.1. The van der Waals surface area contributed by atoms with Crippen molar-refractivity contribution in [2.24, 2.45) is 0 Å². The summed E-state index contributed by atoms with van der Waals surface area (Å²) >= 11 is 0. The van der Waals surface area contributed by atoms with Crippen LogP contribution in [-0.4, -0.2) is 118 Å². The molecule has 10 atom stereocenters. The average molecular weight is 397 g/mol. The van der Waals surface area contributed by atoms with E-state index in [0.29, 0.717) is 0 Å². The summed E-state index contributed by atoms with van der Waals surface area (Å²) in [6.07, 6.45) is -12.2. The van der Waals surface area contributed by atoms with Crippen LogP contribution in [0.1, 0.15) is 6.92 Å². The van der Waals surface area contributed by atoms with Crippen molar-refractivity contribution >= 4 is 5.91 Å². The Balaban J connectivity index is 2.07. The molecule has 0 saturated carbocycles. The molecule has 2 rings (SSSR count). The van der Waals surface area contributed by atoms with E-state index in [1.165, 1.54) is 14.0 Å². The highest BCUT2D eigenvalue weighted by atomic mass is 16.7. The normalized spacial score (nSPS) is 45.5. The second-order valence-corrected chi connectivity index (χ2v) is 6.52. The van der Waals surface area contributed by atoms with Crippen molar-refractivity contribution in [2.45, 2.75) is 68.3 Å². The van der Waals surface area contributed by atoms with Gasteiger partial charge < -0.3 is 54.9 Å². The van der Waals surface area contributed by atoms with E-state index < -0.39 is 73.9 Å². The Kier molecular flexibility index (Phi) is 7.88. The number of aliphatic hydroxyl groups excluding tert-OH is 6. The van der Waals surface area contributed by atoms with Gasteiger partial charge in [-0.1, -0.05) is 0 Å². The Labute approximate surface area is 155 Å². The van der Waals surface area contributed by atoms with Crippen LogP contribution in [0.2, 0.25) is 0 Å². The van der Waals surface area contributed by atoms with Crippen LogP contribution in [0, 0.1) is 0 Å². The summed E-state index contributed by atoms with van der Waals surface area (Å²) in [4.78, 5) is 11.4. The Hall–Kier alpha value is -0.930. The van der Waals surface area contributed by atoms with Gasteiger partial charge >= 0.3 is 0 Å². The van der Waals surface area contributed by atoms with E-state index in [1.807, 2.05) is 0 Å². The van der Waals surface area contributed by atoms with E-state index in [-0.39, 0.29) is 6.61 Å². The minimum atomic E-state index is -1.55. The van der Waals surface area contributed by atoms with Gasteiger partial charge in [-0.3, -0.25) is 4.79 Å². The van der Waals surface area contributed by atoms with Crippen molar-refractivity contribution in [1.29, 1.82) is 0 Å². The van der Waals surface area contributed by atoms with Gasteiger partial charge in [0.05, 0.1) is 13.2 Å². The lowest BCUT2D eigenvalue weighted by Crippen LogP contribution is -2.65. The molecule has 0 aromatic carbocycles. The van der Waals surface area contributed by atoms with E-state index >= 15 is 0 Å². The van der Waals surface area contributed by atoms with E-state index in [2.05, 4.69) is 5.32 Å². The van der Waals surface area contributed by atoms with Gasteiger partial charge in [-0.2, -0.15) is 0 Å². The molecule has 12 heteroatoms. The summed E-state index contributed by atoms with van der Waals surface area (Å²) in [7, 11) is 1.25. The van der Waals surface area contributed by atoms with Gasteiger partial charge in [0.15, 0.2) is 12.6 Å². The molecule has 0 bridgehead atoms. The van der Waals surface area contributed by atoms with Crippen molar-refractivity contribution in [2.75, 3.05) is 20.3 Å². The van der Waals surface area contributed by atoms with Crippen molar-refractivity contribution in [3.63, 3.8) is 0 Å². The van der Waals surface area contributed by atoms with Crippen LogP contribution in [0.3, 0.4) is 0 Å². The second kappa shape index (κ2) is 9.52. The first-order valence-electron chi connectivity index (χ1n) is 8.44. The zero-order valence-electron chi connectivity index (χ0n) is 14.9. The molecule has 2 fully saturated rings. The van der Waals surface area contributed by atoms with Gasteiger partial charge in [0.1, 0.15) is 48.8 Å². The Bertz CT molecular complexity index is 492. The van der Waals surface area contributed by atoms with Gasteiger partial charge in [-0.25, -0.2) is 0 Å². The molecule has 0 aliphatic carbocycles. The quantitative estimate of drug-likeness (QED) is 0.228. The van der Waals surface area contributed by atoms with Crippen LogP contribution >= 0.6 is 0 Å². The fourth-order valence-electron chi connectivity index (χ4n) is 3.05. The molecule has 0 aromatic heterocycles. The molecule has 12 nitrogen and oxygen atoms in total. The van der Waals surface area contributed by atoms with Crippen molar-refractivity contribution in [1.82, 2.24) is 5.32 Å². The largest absolute Gasteiger partial charge is 0.394 e. The maximum atomic E-state index is 11.4. The molecule has 2 aliphatic heterocycles. The number of hydrogen-bond acceptors (Lipinski definition) is 11. The first-order chi connectivity index (χ1) is 12.7. The lowest BCUT2D eigenvalue weighted by molar-refractivity contribution is -0.316. The number of methoxy groups -OCH3 is 1. The highest BCUT2D eigenvalue weighted by Crippen LogP contribution is 2.25. The number of rotatable bonds is 6. The topological polar surface area (TPSA) is 187 Å². The predicted molar refractivity (Wildman–Crippen MR) is 85.0 cm³/mol. The average Bonchev–Trinajstić information content (AvgIpc) is 2.64. The fraction of sp³-hybridized carbons (Fsp3) is 0.933. The number of carbonyl (C=O) groups is 1. The van der Waals surface area contributed by atoms with Crippen molar-refractivity contribution in [3.8, 4) is 0 Å². The number of nitrogens with one attached hydrogen (secondary N) is 1. The minimum Gasteiger partial charge on any atom is -0.394 e. The number of aliphatic hydroxyl groups is 6. The third kappa shape index (κ3) is 4.92. The zero-order chi connectivity index (χ0) is 20.3. The van der Waals surface area contributed by atoms with Crippen LogP contribution in [0.25, 0.3) is 0 Å². The molecule has 27 heavy (non-hydrogen) atoms. The smallest absolute Gasteiger partial charge is 0.217 e. The highest BCUT2D eigenvalue weighted by Gasteiger charge is 2.47. The third-order valence-electron chi connectivity index (χ3n) is 4.58. The summed E-state index contributed by atoms with van der Waals surface area (Å²) in [6.45, 7) is 0.222. The second-order valence-electron chi connectivity index (χ2n) is 6.52. The van der Waals surface area contributed by atoms with Gasteiger partial charge in [-0.05, 0) is 0 Å². The Morgan fingerprint density at radius 3 is 2.07 bits per heavy atom. The molecule has 2 heterocycles. The molecule has 0 spiro atoms. The number of hydrogen-bond donors (Lipinski definition) is 7. The van der Waals surface area contributed by atoms with Crippen LogP contribution < -0.4 is 5.32 Å². The number of carbonyl (C=O) groups excluding carboxylic acids is 1. The summed E-state index contributed by atoms with van der Waals surface area (Å²) in [6, 6.07) is -1.16. The maximum Gasteiger partial charge on any atom is 0.217 e. The molecular weight excluding hydrogens is 370 g/mol. The summed E-state index contributed by atoms with van der Waals surface area (Å²) in [5, 5.41) is 61.5. The molecular formula is C15H27NO11. The highest BCUT2D eigenvalue weighted by molar-refractivity contribution is 5.73. The number of ether oxygens (including phenoxy) is 4. The van der Waals surface area contributed by atoms with E-state index in [4.69, 9.17) is 18.9 Å². The van der Waals surface area contributed by atoms with Crippen LogP contribution in [0.15, 0.2) is 0 Å². The molecule has 7 N–H and O–H groups in total.